The number of fused-ring (bicyclic) bond motifs is 1. The molecule has 5 nitrogen and oxygen atoms in total. The van der Waals surface area contributed by atoms with E-state index in [1.807, 2.05) is 30.3 Å². The number of para-hydroxylation sites is 1. The minimum absolute atomic E-state index is 0.125. The molecule has 6 heteroatoms. The van der Waals surface area contributed by atoms with Gasteiger partial charge < -0.3 is 20.5 Å². The number of aliphatic hydroxyl groups excluding tert-OH is 1. The first kappa shape index (κ1) is 17.6. The summed E-state index contributed by atoms with van der Waals surface area (Å²) in [6.07, 6.45) is 0.188. The van der Waals surface area contributed by atoms with E-state index in [4.69, 9.17) is 16.3 Å². The van der Waals surface area contributed by atoms with Crippen LogP contribution in [0.1, 0.15) is 29.7 Å². The van der Waals surface area contributed by atoms with E-state index in [9.17, 15) is 5.11 Å². The number of nitrogens with zero attached hydrogens (tertiary/aromatic N) is 1. The zero-order chi connectivity index (χ0) is 17.6. The Kier molecular flexibility index (Phi) is 5.79. The van der Waals surface area contributed by atoms with Gasteiger partial charge in [0.25, 0.3) is 0 Å². The number of rotatable bonds is 4. The third-order valence-corrected chi connectivity index (χ3v) is 4.42. The second-order valence-electron chi connectivity index (χ2n) is 5.90. The maximum absolute atomic E-state index is 10.3. The van der Waals surface area contributed by atoms with Gasteiger partial charge in [0.2, 0.25) is 0 Å². The number of aliphatic imine (C=N–C) groups is 1. The molecule has 132 valence electrons. The highest BCUT2D eigenvalue weighted by molar-refractivity contribution is 6.30. The summed E-state index contributed by atoms with van der Waals surface area (Å²) in [5, 5.41) is 17.5. The maximum Gasteiger partial charge on any atom is 0.191 e. The minimum atomic E-state index is -0.667. The molecule has 0 saturated heterocycles. The summed E-state index contributed by atoms with van der Waals surface area (Å²) in [7, 11) is 1.71. The molecule has 1 aliphatic heterocycles. The van der Waals surface area contributed by atoms with E-state index in [1.165, 1.54) is 0 Å². The number of benzene rings is 2. The summed E-state index contributed by atoms with van der Waals surface area (Å²) >= 11 is 5.98. The van der Waals surface area contributed by atoms with E-state index in [-0.39, 0.29) is 6.04 Å². The van der Waals surface area contributed by atoms with E-state index in [0.29, 0.717) is 24.1 Å². The number of aliphatic hydroxyl groups is 1. The fraction of sp³-hybridized carbons (Fsp3) is 0.316. The van der Waals surface area contributed by atoms with E-state index < -0.39 is 6.10 Å². The quantitative estimate of drug-likeness (QED) is 0.580. The van der Waals surface area contributed by atoms with Gasteiger partial charge >= 0.3 is 0 Å². The molecule has 2 atom stereocenters. The molecule has 0 fully saturated rings. The van der Waals surface area contributed by atoms with Crippen molar-refractivity contribution >= 4 is 17.6 Å². The van der Waals surface area contributed by atoms with Crippen molar-refractivity contribution in [2.45, 2.75) is 18.6 Å². The summed E-state index contributed by atoms with van der Waals surface area (Å²) in [4.78, 5) is 4.25. The second kappa shape index (κ2) is 8.23. The van der Waals surface area contributed by atoms with Crippen molar-refractivity contribution in [3.05, 3.63) is 64.7 Å². The highest BCUT2D eigenvalue weighted by atomic mass is 35.5. The Morgan fingerprint density at radius 1 is 1.32 bits per heavy atom. The Morgan fingerprint density at radius 3 is 2.96 bits per heavy atom. The standard InChI is InChI=1S/C19H22ClN3O2/c1-21-19(22-12-17(24)13-5-4-6-14(20)11-13)23-16-9-10-25-18-8-3-2-7-15(16)18/h2-8,11,16-17,24H,9-10,12H2,1H3,(H2,21,22,23). The topological polar surface area (TPSA) is 65.9 Å². The summed E-state index contributed by atoms with van der Waals surface area (Å²) in [5.41, 5.74) is 1.89. The Balaban J connectivity index is 1.61. The zero-order valence-corrected chi connectivity index (χ0v) is 14.8. The van der Waals surface area contributed by atoms with Gasteiger partial charge in [-0.05, 0) is 23.8 Å². The van der Waals surface area contributed by atoms with Gasteiger partial charge in [0.05, 0.1) is 18.8 Å². The Hall–Kier alpha value is -2.24. The van der Waals surface area contributed by atoms with Crippen LogP contribution in [0, 0.1) is 0 Å². The summed E-state index contributed by atoms with van der Waals surface area (Å²) < 4.78 is 5.68. The molecule has 25 heavy (non-hydrogen) atoms. The van der Waals surface area contributed by atoms with Crippen LogP contribution in [0.2, 0.25) is 5.02 Å². The van der Waals surface area contributed by atoms with Gasteiger partial charge in [-0.3, -0.25) is 4.99 Å². The van der Waals surface area contributed by atoms with Crippen molar-refractivity contribution in [1.29, 1.82) is 0 Å². The number of ether oxygens (including phenoxy) is 1. The fourth-order valence-electron chi connectivity index (χ4n) is 2.88. The molecule has 0 aliphatic carbocycles. The van der Waals surface area contributed by atoms with Crippen LogP contribution in [-0.2, 0) is 0 Å². The van der Waals surface area contributed by atoms with E-state index >= 15 is 0 Å². The van der Waals surface area contributed by atoms with Crippen molar-refractivity contribution in [3.63, 3.8) is 0 Å². The summed E-state index contributed by atoms with van der Waals surface area (Å²) in [6, 6.07) is 15.3. The monoisotopic (exact) mass is 359 g/mol. The lowest BCUT2D eigenvalue weighted by Crippen LogP contribution is -2.42. The van der Waals surface area contributed by atoms with Crippen LogP contribution in [0.15, 0.2) is 53.5 Å². The van der Waals surface area contributed by atoms with Crippen LogP contribution >= 0.6 is 11.6 Å². The van der Waals surface area contributed by atoms with Crippen molar-refractivity contribution in [1.82, 2.24) is 10.6 Å². The van der Waals surface area contributed by atoms with Gasteiger partial charge in [-0.15, -0.1) is 0 Å². The third kappa shape index (κ3) is 4.44. The largest absolute Gasteiger partial charge is 0.493 e. The second-order valence-corrected chi connectivity index (χ2v) is 6.33. The number of hydrogen-bond acceptors (Lipinski definition) is 3. The van der Waals surface area contributed by atoms with Crippen LogP contribution < -0.4 is 15.4 Å². The molecule has 0 amide bonds. The lowest BCUT2D eigenvalue weighted by molar-refractivity contribution is 0.180. The fourth-order valence-corrected chi connectivity index (χ4v) is 3.08. The van der Waals surface area contributed by atoms with Crippen molar-refractivity contribution in [2.75, 3.05) is 20.2 Å². The van der Waals surface area contributed by atoms with Gasteiger partial charge in [0, 0.05) is 30.6 Å². The molecule has 2 aromatic carbocycles. The normalized spacial score (nSPS) is 18.0. The van der Waals surface area contributed by atoms with E-state index in [1.54, 1.807) is 19.2 Å². The Bertz CT molecular complexity index is 751. The first-order chi connectivity index (χ1) is 12.2. The molecule has 0 radical (unpaired) electrons. The van der Waals surface area contributed by atoms with Gasteiger partial charge in [0.1, 0.15) is 5.75 Å². The SMILES string of the molecule is CN=C(NCC(O)c1cccc(Cl)c1)NC1CCOc2ccccc21. The summed E-state index contributed by atoms with van der Waals surface area (Å²) in [6.45, 7) is 1.00. The van der Waals surface area contributed by atoms with Crippen LogP contribution in [-0.4, -0.2) is 31.3 Å². The van der Waals surface area contributed by atoms with Crippen molar-refractivity contribution in [3.8, 4) is 5.75 Å². The molecule has 1 aliphatic rings. The van der Waals surface area contributed by atoms with E-state index in [0.717, 1.165) is 23.3 Å². The van der Waals surface area contributed by atoms with Crippen molar-refractivity contribution < 1.29 is 9.84 Å². The molecule has 0 spiro atoms. The molecular formula is C19H22ClN3O2. The van der Waals surface area contributed by atoms with E-state index in [2.05, 4.69) is 21.7 Å². The van der Waals surface area contributed by atoms with Gasteiger partial charge in [0.15, 0.2) is 5.96 Å². The Morgan fingerprint density at radius 2 is 2.16 bits per heavy atom. The van der Waals surface area contributed by atoms with Gasteiger partial charge in [-0.25, -0.2) is 0 Å². The van der Waals surface area contributed by atoms with Crippen LogP contribution in [0.5, 0.6) is 5.75 Å². The van der Waals surface area contributed by atoms with Gasteiger partial charge in [-0.1, -0.05) is 41.9 Å². The molecule has 2 aromatic rings. The highest BCUT2D eigenvalue weighted by Gasteiger charge is 2.22. The maximum atomic E-state index is 10.3. The molecule has 0 saturated carbocycles. The molecule has 3 rings (SSSR count). The molecule has 1 heterocycles. The lowest BCUT2D eigenvalue weighted by atomic mass is 10.0. The predicted octanol–water partition coefficient (Wildman–Crippen LogP) is 3.06. The third-order valence-electron chi connectivity index (χ3n) is 4.19. The van der Waals surface area contributed by atoms with Crippen LogP contribution in [0.3, 0.4) is 0 Å². The van der Waals surface area contributed by atoms with Crippen LogP contribution in [0.4, 0.5) is 0 Å². The number of guanidine groups is 1. The average molecular weight is 360 g/mol. The molecular weight excluding hydrogens is 338 g/mol. The molecule has 2 unspecified atom stereocenters. The predicted molar refractivity (Wildman–Crippen MR) is 100 cm³/mol. The molecule has 0 bridgehead atoms. The van der Waals surface area contributed by atoms with Crippen molar-refractivity contribution in [2.24, 2.45) is 4.99 Å². The first-order valence-corrected chi connectivity index (χ1v) is 8.67. The van der Waals surface area contributed by atoms with Gasteiger partial charge in [-0.2, -0.15) is 0 Å². The average Bonchev–Trinajstić information content (AvgIpc) is 2.65. The zero-order valence-electron chi connectivity index (χ0n) is 14.1. The first-order valence-electron chi connectivity index (χ1n) is 8.30. The Labute approximate surface area is 152 Å². The summed E-state index contributed by atoms with van der Waals surface area (Å²) in [5.74, 6) is 1.54. The minimum Gasteiger partial charge on any atom is -0.493 e. The number of hydrogen-bond donors (Lipinski definition) is 3. The number of halogens is 1. The molecule has 3 N–H and O–H groups in total. The molecule has 0 aromatic heterocycles. The van der Waals surface area contributed by atoms with Crippen LogP contribution in [0.25, 0.3) is 0 Å². The lowest BCUT2D eigenvalue weighted by Gasteiger charge is -2.28. The smallest absolute Gasteiger partial charge is 0.191 e. The highest BCUT2D eigenvalue weighted by Crippen LogP contribution is 2.31. The number of nitrogens with one attached hydrogen (secondary N) is 2.